The summed E-state index contributed by atoms with van der Waals surface area (Å²) in [6.45, 7) is 0. The number of nitrogens with zero attached hydrogens (tertiary/aromatic N) is 1. The maximum absolute atomic E-state index is 12.0. The lowest BCUT2D eigenvalue weighted by Gasteiger charge is -2.17. The zero-order valence-corrected chi connectivity index (χ0v) is 18.1. The van der Waals surface area contributed by atoms with Crippen molar-refractivity contribution in [2.45, 2.75) is 14.7 Å². The molecule has 14 heteroatoms. The number of hydrogen-bond acceptors (Lipinski definition) is 8. The van der Waals surface area contributed by atoms with Crippen LogP contribution in [0.3, 0.4) is 0 Å². The molecule has 4 aromatic rings. The second kappa shape index (κ2) is 6.72. The Balaban J connectivity index is 2.48. The number of aliphatic imine (C=N–C) groups is 1. The van der Waals surface area contributed by atoms with E-state index >= 15 is 0 Å². The zero-order valence-electron chi connectivity index (χ0n) is 14.8. The lowest BCUT2D eigenvalue weighted by atomic mass is 9.93. The molecule has 0 atom stereocenters. The van der Waals surface area contributed by atoms with Crippen LogP contribution < -0.4 is 0 Å². The normalized spacial score (nSPS) is 13.1. The summed E-state index contributed by atoms with van der Waals surface area (Å²) in [7, 11) is -14.7. The van der Waals surface area contributed by atoms with Gasteiger partial charge >= 0.3 is 0 Å². The minimum Gasteiger partial charge on any atom is -0.282 e. The molecule has 0 aliphatic carbocycles. The van der Waals surface area contributed by atoms with E-state index < -0.39 is 45.0 Å². The summed E-state index contributed by atoms with van der Waals surface area (Å²) in [5, 5.41) is 1.85. The van der Waals surface area contributed by atoms with Crippen LogP contribution in [0.15, 0.2) is 56.1 Å². The Kier molecular flexibility index (Phi) is 4.70. The predicted molar refractivity (Wildman–Crippen MR) is 114 cm³/mol. The highest BCUT2D eigenvalue weighted by Gasteiger charge is 2.27. The van der Waals surface area contributed by atoms with Crippen molar-refractivity contribution in [3.05, 3.63) is 36.4 Å². The predicted octanol–water partition coefficient (Wildman–Crippen LogP) is 3.06. The van der Waals surface area contributed by atoms with Crippen molar-refractivity contribution in [3.63, 3.8) is 0 Å². The third-order valence-electron chi connectivity index (χ3n) is 4.76. The highest BCUT2D eigenvalue weighted by Crippen LogP contribution is 2.44. The van der Waals surface area contributed by atoms with Gasteiger partial charge in [0.15, 0.2) is 0 Å². The molecule has 10 nitrogen and oxygen atoms in total. The van der Waals surface area contributed by atoms with Crippen LogP contribution in [0, 0.1) is 0 Å². The molecule has 0 saturated carbocycles. The van der Waals surface area contributed by atoms with Crippen LogP contribution in [0.1, 0.15) is 0 Å². The average molecular weight is 500 g/mol. The Morgan fingerprint density at radius 1 is 0.645 bits per heavy atom. The van der Waals surface area contributed by atoms with Gasteiger partial charge in [-0.1, -0.05) is 24.3 Å². The van der Waals surface area contributed by atoms with Crippen molar-refractivity contribution in [3.8, 4) is 0 Å². The first-order valence-electron chi connectivity index (χ1n) is 8.04. The average Bonchev–Trinajstić information content (AvgIpc) is 2.63. The molecule has 0 aliphatic heterocycles. The van der Waals surface area contributed by atoms with Gasteiger partial charge in [-0.2, -0.15) is 30.2 Å². The number of thiocarbonyl (C=S) groups is 1. The van der Waals surface area contributed by atoms with Crippen molar-refractivity contribution in [1.82, 2.24) is 0 Å². The third-order valence-corrected chi connectivity index (χ3v) is 7.53. The monoisotopic (exact) mass is 499 g/mol. The fourth-order valence-corrected chi connectivity index (χ4v) is 5.97. The van der Waals surface area contributed by atoms with E-state index in [2.05, 4.69) is 22.4 Å². The van der Waals surface area contributed by atoms with Crippen LogP contribution in [0.5, 0.6) is 0 Å². The molecule has 0 spiro atoms. The Labute approximate surface area is 180 Å². The summed E-state index contributed by atoms with van der Waals surface area (Å²) in [5.74, 6) is 0. The fourth-order valence-electron chi connectivity index (χ4n) is 3.66. The van der Waals surface area contributed by atoms with Gasteiger partial charge in [0.1, 0.15) is 14.7 Å². The number of rotatable bonds is 4. The lowest BCUT2D eigenvalue weighted by Crippen LogP contribution is -2.06. The largest absolute Gasteiger partial charge is 0.295 e. The topological polar surface area (TPSA) is 175 Å². The van der Waals surface area contributed by atoms with Gasteiger partial charge in [-0.3, -0.25) is 13.7 Å². The van der Waals surface area contributed by atoms with Crippen LogP contribution in [-0.4, -0.2) is 44.1 Å². The van der Waals surface area contributed by atoms with E-state index in [0.717, 1.165) is 12.1 Å². The van der Waals surface area contributed by atoms with E-state index in [1.54, 1.807) is 0 Å². The smallest absolute Gasteiger partial charge is 0.282 e. The molecule has 160 valence electrons. The Hall–Kier alpha value is -2.55. The molecule has 0 heterocycles. The van der Waals surface area contributed by atoms with Crippen LogP contribution >= 0.6 is 12.2 Å². The highest BCUT2D eigenvalue weighted by molar-refractivity contribution is 7.87. The second-order valence-corrected chi connectivity index (χ2v) is 10.8. The summed E-state index contributed by atoms with van der Waals surface area (Å²) in [5.41, 5.74) is -0.0461. The van der Waals surface area contributed by atoms with E-state index in [1.807, 2.05) is 0 Å². The van der Waals surface area contributed by atoms with E-state index in [-0.39, 0.29) is 38.0 Å². The summed E-state index contributed by atoms with van der Waals surface area (Å²) in [6, 6.07) is 6.61. The molecule has 0 saturated heterocycles. The zero-order chi connectivity index (χ0) is 22.9. The molecule has 0 amide bonds. The van der Waals surface area contributed by atoms with E-state index in [4.69, 9.17) is 0 Å². The third kappa shape index (κ3) is 3.39. The molecule has 0 radical (unpaired) electrons. The minimum absolute atomic E-state index is 0.0181. The second-order valence-electron chi connectivity index (χ2n) is 6.47. The van der Waals surface area contributed by atoms with E-state index in [1.165, 1.54) is 18.2 Å². The van der Waals surface area contributed by atoms with Gasteiger partial charge in [0.05, 0.1) is 10.8 Å². The molecule has 31 heavy (non-hydrogen) atoms. The number of benzene rings is 4. The quantitative estimate of drug-likeness (QED) is 0.164. The SMILES string of the molecule is O=S(=O)(O)c1cc(N=C=S)c2ccc3c(S(=O)(=O)O)cc(S(=O)(=O)O)c4ccc1c2c34. The molecule has 0 aliphatic rings. The van der Waals surface area contributed by atoms with Gasteiger partial charge in [0, 0.05) is 32.3 Å². The van der Waals surface area contributed by atoms with Gasteiger partial charge in [0.25, 0.3) is 30.4 Å². The molecule has 0 unspecified atom stereocenters. The van der Waals surface area contributed by atoms with Gasteiger partial charge in [-0.15, -0.1) is 0 Å². The molecule has 3 N–H and O–H groups in total. The summed E-state index contributed by atoms with van der Waals surface area (Å²) < 4.78 is 101. The molecule has 0 aromatic heterocycles. The van der Waals surface area contributed by atoms with Crippen molar-refractivity contribution < 1.29 is 38.9 Å². The number of hydrogen-bond donors (Lipinski definition) is 3. The van der Waals surface area contributed by atoms with E-state index in [9.17, 15) is 38.9 Å². The first-order valence-corrected chi connectivity index (χ1v) is 12.8. The molecular weight excluding hydrogens is 490 g/mol. The van der Waals surface area contributed by atoms with Crippen LogP contribution in [-0.2, 0) is 30.4 Å². The first kappa shape index (κ1) is 21.7. The maximum atomic E-state index is 12.0. The van der Waals surface area contributed by atoms with E-state index in [0.29, 0.717) is 6.07 Å². The van der Waals surface area contributed by atoms with Gasteiger partial charge < -0.3 is 0 Å². The molecule has 0 fully saturated rings. The molecule has 4 rings (SSSR count). The van der Waals surface area contributed by atoms with Crippen LogP contribution in [0.25, 0.3) is 32.3 Å². The maximum Gasteiger partial charge on any atom is 0.295 e. The van der Waals surface area contributed by atoms with Crippen LogP contribution in [0.4, 0.5) is 5.69 Å². The number of isothiocyanates is 1. The lowest BCUT2D eigenvalue weighted by molar-refractivity contribution is 0.480. The van der Waals surface area contributed by atoms with Crippen molar-refractivity contribution in [2.75, 3.05) is 0 Å². The Morgan fingerprint density at radius 3 is 1.39 bits per heavy atom. The summed E-state index contributed by atoms with van der Waals surface area (Å²) in [6.07, 6.45) is 0. The van der Waals surface area contributed by atoms with Gasteiger partial charge in [-0.25, -0.2) is 0 Å². The fraction of sp³-hybridized carbons (Fsp3) is 0. The molecule has 0 bridgehead atoms. The van der Waals surface area contributed by atoms with Crippen molar-refractivity contribution in [2.24, 2.45) is 4.99 Å². The summed E-state index contributed by atoms with van der Waals surface area (Å²) in [4.78, 5) is 1.55. The first-order chi connectivity index (χ1) is 14.2. The van der Waals surface area contributed by atoms with Gasteiger partial charge in [0.2, 0.25) is 0 Å². The molecular formula is C17H9NO9S4. The summed E-state index contributed by atoms with van der Waals surface area (Å²) >= 11 is 4.57. The molecule has 4 aromatic carbocycles. The standard InChI is InChI=1S/C17H9NO9S4/c19-29(20,21)13-5-12(18-7-28)8-1-2-10-14(30(22,23)24)6-15(31(25,26)27)11-4-3-9(13)16(8)17(10)11/h1-6H,(H,19,20,21)(H,22,23,24)(H,25,26,27). The Morgan fingerprint density at radius 2 is 1.00 bits per heavy atom. The van der Waals surface area contributed by atoms with Crippen molar-refractivity contribution in [1.29, 1.82) is 0 Å². The highest BCUT2D eigenvalue weighted by atomic mass is 32.2. The van der Waals surface area contributed by atoms with Gasteiger partial charge in [-0.05, 0) is 24.4 Å². The van der Waals surface area contributed by atoms with Crippen LogP contribution in [0.2, 0.25) is 0 Å². The van der Waals surface area contributed by atoms with Crippen molar-refractivity contribution >= 4 is 85.7 Å². The Bertz CT molecular complexity index is 1750. The minimum atomic E-state index is -4.96.